The van der Waals surface area contributed by atoms with E-state index in [1.54, 1.807) is 12.1 Å². The van der Waals surface area contributed by atoms with Crippen LogP contribution in [-0.4, -0.2) is 0 Å². The standard InChI is InChI=1S/C16H14BrClN2/c1-10-5-14(6-11(2)16(10)17)20-9-13-4-3-12(8-19)7-15(13)18/h3-7,20H,9H2,1-2H3. The zero-order valence-electron chi connectivity index (χ0n) is 11.3. The van der Waals surface area contributed by atoms with Crippen LogP contribution in [0.1, 0.15) is 22.3 Å². The van der Waals surface area contributed by atoms with E-state index in [0.717, 1.165) is 15.7 Å². The Bertz CT molecular complexity index is 666. The van der Waals surface area contributed by atoms with Crippen molar-refractivity contribution in [2.24, 2.45) is 0 Å². The van der Waals surface area contributed by atoms with E-state index in [1.807, 2.05) is 6.07 Å². The predicted molar refractivity (Wildman–Crippen MR) is 87.1 cm³/mol. The Morgan fingerprint density at radius 3 is 2.40 bits per heavy atom. The molecule has 0 aliphatic carbocycles. The third-order valence-corrected chi connectivity index (χ3v) is 4.70. The predicted octanol–water partition coefficient (Wildman–Crippen LogP) is 5.20. The lowest BCUT2D eigenvalue weighted by atomic mass is 10.1. The molecule has 20 heavy (non-hydrogen) atoms. The van der Waals surface area contributed by atoms with Gasteiger partial charge in [0.25, 0.3) is 0 Å². The van der Waals surface area contributed by atoms with Gasteiger partial charge in [0.15, 0.2) is 0 Å². The van der Waals surface area contributed by atoms with Gasteiger partial charge in [-0.25, -0.2) is 0 Å². The van der Waals surface area contributed by atoms with Crippen LogP contribution in [0.2, 0.25) is 5.02 Å². The van der Waals surface area contributed by atoms with Crippen molar-refractivity contribution < 1.29 is 0 Å². The third-order valence-electron chi connectivity index (χ3n) is 3.10. The van der Waals surface area contributed by atoms with Crippen LogP contribution in [-0.2, 0) is 6.54 Å². The Kier molecular flexibility index (Phi) is 4.69. The van der Waals surface area contributed by atoms with Crippen molar-refractivity contribution in [3.8, 4) is 6.07 Å². The number of benzene rings is 2. The molecular formula is C16H14BrClN2. The highest BCUT2D eigenvalue weighted by Gasteiger charge is 2.04. The Morgan fingerprint density at radius 2 is 1.85 bits per heavy atom. The summed E-state index contributed by atoms with van der Waals surface area (Å²) < 4.78 is 1.14. The van der Waals surface area contributed by atoms with Crippen LogP contribution in [0.25, 0.3) is 0 Å². The number of halogens is 2. The minimum atomic E-state index is 0.578. The van der Waals surface area contributed by atoms with E-state index in [4.69, 9.17) is 16.9 Å². The van der Waals surface area contributed by atoms with Crippen molar-refractivity contribution >= 4 is 33.2 Å². The molecule has 0 aliphatic rings. The lowest BCUT2D eigenvalue weighted by Gasteiger charge is -2.11. The van der Waals surface area contributed by atoms with Crippen LogP contribution in [0.15, 0.2) is 34.8 Å². The molecular weight excluding hydrogens is 336 g/mol. The molecule has 0 heterocycles. The first-order valence-corrected chi connectivity index (χ1v) is 7.37. The lowest BCUT2D eigenvalue weighted by molar-refractivity contribution is 1.14. The third kappa shape index (κ3) is 3.33. The van der Waals surface area contributed by atoms with Crippen molar-refractivity contribution in [3.05, 3.63) is 62.1 Å². The fraction of sp³-hybridized carbons (Fsp3) is 0.188. The van der Waals surface area contributed by atoms with E-state index < -0.39 is 0 Å². The van der Waals surface area contributed by atoms with Gasteiger partial charge in [0, 0.05) is 21.7 Å². The Labute approximate surface area is 132 Å². The van der Waals surface area contributed by atoms with Gasteiger partial charge in [-0.3, -0.25) is 0 Å². The molecule has 102 valence electrons. The highest BCUT2D eigenvalue weighted by atomic mass is 79.9. The molecule has 0 radical (unpaired) electrons. The molecule has 4 heteroatoms. The topological polar surface area (TPSA) is 35.8 Å². The number of nitrogens with zero attached hydrogens (tertiary/aromatic N) is 1. The van der Waals surface area contributed by atoms with Crippen molar-refractivity contribution in [3.63, 3.8) is 0 Å². The Hall–Kier alpha value is -1.50. The number of nitriles is 1. The van der Waals surface area contributed by atoms with Gasteiger partial charge in [-0.2, -0.15) is 5.26 Å². The first-order chi connectivity index (χ1) is 9.51. The molecule has 0 spiro atoms. The second-order valence-electron chi connectivity index (χ2n) is 4.70. The normalized spacial score (nSPS) is 10.2. The number of nitrogens with one attached hydrogen (secondary N) is 1. The summed E-state index contributed by atoms with van der Waals surface area (Å²) in [5.41, 5.74) is 5.00. The number of hydrogen-bond acceptors (Lipinski definition) is 2. The van der Waals surface area contributed by atoms with Crippen molar-refractivity contribution in [1.82, 2.24) is 0 Å². The molecule has 1 N–H and O–H groups in total. The monoisotopic (exact) mass is 348 g/mol. The molecule has 0 atom stereocenters. The van der Waals surface area contributed by atoms with E-state index in [-0.39, 0.29) is 0 Å². The minimum absolute atomic E-state index is 0.578. The molecule has 0 aromatic heterocycles. The zero-order chi connectivity index (χ0) is 14.7. The molecule has 0 bridgehead atoms. The minimum Gasteiger partial charge on any atom is -0.381 e. The molecule has 0 unspecified atom stereocenters. The number of anilines is 1. The average Bonchev–Trinajstić information content (AvgIpc) is 2.43. The van der Waals surface area contributed by atoms with Gasteiger partial charge in [0.1, 0.15) is 0 Å². The van der Waals surface area contributed by atoms with Gasteiger partial charge < -0.3 is 5.32 Å². The molecule has 2 aromatic rings. The molecule has 2 aromatic carbocycles. The SMILES string of the molecule is Cc1cc(NCc2ccc(C#N)cc2Cl)cc(C)c1Br. The highest BCUT2D eigenvalue weighted by molar-refractivity contribution is 9.10. The number of rotatable bonds is 3. The lowest BCUT2D eigenvalue weighted by Crippen LogP contribution is -2.01. The summed E-state index contributed by atoms with van der Waals surface area (Å²) in [6.45, 7) is 4.76. The van der Waals surface area contributed by atoms with E-state index in [9.17, 15) is 0 Å². The van der Waals surface area contributed by atoms with Crippen LogP contribution in [0, 0.1) is 25.2 Å². The summed E-state index contributed by atoms with van der Waals surface area (Å²) in [5.74, 6) is 0. The van der Waals surface area contributed by atoms with Crippen molar-refractivity contribution in [2.45, 2.75) is 20.4 Å². The summed E-state index contributed by atoms with van der Waals surface area (Å²) in [4.78, 5) is 0. The average molecular weight is 350 g/mol. The van der Waals surface area contributed by atoms with E-state index in [1.165, 1.54) is 11.1 Å². The molecule has 2 nitrogen and oxygen atoms in total. The van der Waals surface area contributed by atoms with E-state index >= 15 is 0 Å². The smallest absolute Gasteiger partial charge is 0.0992 e. The van der Waals surface area contributed by atoms with Gasteiger partial charge in [-0.15, -0.1) is 0 Å². The molecule has 0 amide bonds. The summed E-state index contributed by atoms with van der Waals surface area (Å²) in [6.07, 6.45) is 0. The van der Waals surface area contributed by atoms with Crippen LogP contribution in [0.5, 0.6) is 0 Å². The zero-order valence-corrected chi connectivity index (χ0v) is 13.6. The Balaban J connectivity index is 2.15. The second-order valence-corrected chi connectivity index (χ2v) is 5.90. The largest absolute Gasteiger partial charge is 0.381 e. The maximum absolute atomic E-state index is 8.82. The maximum atomic E-state index is 8.82. The molecule has 0 saturated heterocycles. The van der Waals surface area contributed by atoms with Gasteiger partial charge >= 0.3 is 0 Å². The molecule has 0 fully saturated rings. The van der Waals surface area contributed by atoms with Gasteiger partial charge in [-0.05, 0) is 54.8 Å². The first kappa shape index (κ1) is 14.9. The van der Waals surface area contributed by atoms with Gasteiger partial charge in [0.2, 0.25) is 0 Å². The maximum Gasteiger partial charge on any atom is 0.0992 e. The fourth-order valence-corrected chi connectivity index (χ4v) is 2.48. The first-order valence-electron chi connectivity index (χ1n) is 6.20. The fourth-order valence-electron chi connectivity index (χ4n) is 2.01. The van der Waals surface area contributed by atoms with Crippen LogP contribution in [0.4, 0.5) is 5.69 Å². The number of hydrogen-bond donors (Lipinski definition) is 1. The van der Waals surface area contributed by atoms with Crippen molar-refractivity contribution in [2.75, 3.05) is 5.32 Å². The summed E-state index contributed by atoms with van der Waals surface area (Å²) in [6, 6.07) is 11.6. The van der Waals surface area contributed by atoms with Crippen LogP contribution in [0.3, 0.4) is 0 Å². The Morgan fingerprint density at radius 1 is 1.20 bits per heavy atom. The summed E-state index contributed by atoms with van der Waals surface area (Å²) in [7, 11) is 0. The van der Waals surface area contributed by atoms with Crippen LogP contribution >= 0.6 is 27.5 Å². The van der Waals surface area contributed by atoms with Gasteiger partial charge in [-0.1, -0.05) is 33.6 Å². The molecule has 0 aliphatic heterocycles. The van der Waals surface area contributed by atoms with Crippen molar-refractivity contribution in [1.29, 1.82) is 5.26 Å². The number of aryl methyl sites for hydroxylation is 2. The molecule has 0 saturated carbocycles. The van der Waals surface area contributed by atoms with Gasteiger partial charge in [0.05, 0.1) is 11.6 Å². The highest BCUT2D eigenvalue weighted by Crippen LogP contribution is 2.26. The quantitative estimate of drug-likeness (QED) is 0.826. The van der Waals surface area contributed by atoms with E-state index in [0.29, 0.717) is 17.1 Å². The van der Waals surface area contributed by atoms with Crippen LogP contribution < -0.4 is 5.32 Å². The summed E-state index contributed by atoms with van der Waals surface area (Å²) >= 11 is 9.72. The molecule has 2 rings (SSSR count). The second kappa shape index (κ2) is 6.30. The summed E-state index contributed by atoms with van der Waals surface area (Å²) in [5, 5.41) is 12.8. The van der Waals surface area contributed by atoms with E-state index in [2.05, 4.69) is 53.3 Å².